The summed E-state index contributed by atoms with van der Waals surface area (Å²) in [5.41, 5.74) is 8.47. The molecule has 4 unspecified atom stereocenters. The SMILES string of the molecule is CSCCC(NC(=O)C(NC(=O)C(Cc1c[nH]c2ccccc12)NC(=O)C(N)Cc1cnc[nH]1)C(C)C)C(=O)O. The van der Waals surface area contributed by atoms with Gasteiger partial charge in [0.1, 0.15) is 18.1 Å². The van der Waals surface area contributed by atoms with Crippen molar-refractivity contribution in [3.05, 3.63) is 54.2 Å². The fraction of sp³-hybridized carbons (Fsp3) is 0.444. The van der Waals surface area contributed by atoms with Gasteiger partial charge in [-0.05, 0) is 36.0 Å². The van der Waals surface area contributed by atoms with Crippen molar-refractivity contribution >= 4 is 46.4 Å². The summed E-state index contributed by atoms with van der Waals surface area (Å²) in [5, 5.41) is 18.5. The molecule has 40 heavy (non-hydrogen) atoms. The summed E-state index contributed by atoms with van der Waals surface area (Å²) in [4.78, 5) is 61.4. The Morgan fingerprint density at radius 1 is 1.00 bits per heavy atom. The number of hydrogen-bond donors (Lipinski definition) is 7. The fourth-order valence-corrected chi connectivity index (χ4v) is 4.75. The van der Waals surface area contributed by atoms with Crippen LogP contribution in [0.3, 0.4) is 0 Å². The van der Waals surface area contributed by atoms with Crippen LogP contribution in [0.25, 0.3) is 10.9 Å². The molecule has 2 heterocycles. The van der Waals surface area contributed by atoms with E-state index in [2.05, 4.69) is 30.9 Å². The van der Waals surface area contributed by atoms with Gasteiger partial charge in [0.25, 0.3) is 0 Å². The molecule has 0 saturated heterocycles. The van der Waals surface area contributed by atoms with Crippen molar-refractivity contribution in [3.63, 3.8) is 0 Å². The molecular formula is C27H37N7O5S. The second-order valence-electron chi connectivity index (χ2n) is 9.92. The van der Waals surface area contributed by atoms with Crippen LogP contribution in [-0.4, -0.2) is 79.9 Å². The molecular weight excluding hydrogens is 534 g/mol. The number of carboxylic acids is 1. The standard InChI is InChI=1S/C27H37N7O5S/c1-15(2)23(26(37)32-21(27(38)39)8-9-40-3)34-25(36)22(10-16-12-30-20-7-5-4-6-18(16)20)33-24(35)19(28)11-17-13-29-14-31-17/h4-7,12-15,19,21-23,30H,8-11,28H2,1-3H3,(H,29,31)(H,32,37)(H,33,35)(H,34,36)(H,38,39). The Hall–Kier alpha value is -3.84. The first-order valence-corrected chi connectivity index (χ1v) is 14.4. The number of carbonyl (C=O) groups excluding carboxylic acids is 3. The first-order valence-electron chi connectivity index (χ1n) is 13.0. The number of aromatic nitrogens is 3. The van der Waals surface area contributed by atoms with E-state index in [0.29, 0.717) is 11.4 Å². The van der Waals surface area contributed by atoms with E-state index in [0.717, 1.165) is 16.5 Å². The van der Waals surface area contributed by atoms with Crippen LogP contribution in [0, 0.1) is 5.92 Å². The van der Waals surface area contributed by atoms with Crippen LogP contribution in [0.5, 0.6) is 0 Å². The molecule has 12 nitrogen and oxygen atoms in total. The molecule has 1 aromatic carbocycles. The summed E-state index contributed by atoms with van der Waals surface area (Å²) in [7, 11) is 0. The molecule has 0 saturated carbocycles. The molecule has 0 aliphatic carbocycles. The highest BCUT2D eigenvalue weighted by atomic mass is 32.2. The predicted molar refractivity (Wildman–Crippen MR) is 154 cm³/mol. The Labute approximate surface area is 236 Å². The maximum atomic E-state index is 13.6. The van der Waals surface area contributed by atoms with Gasteiger partial charge in [0, 0.05) is 41.8 Å². The molecule has 0 bridgehead atoms. The normalized spacial score (nSPS) is 14.3. The van der Waals surface area contributed by atoms with E-state index in [1.165, 1.54) is 18.1 Å². The van der Waals surface area contributed by atoms with Crippen molar-refractivity contribution in [2.24, 2.45) is 11.7 Å². The molecule has 3 amide bonds. The first-order chi connectivity index (χ1) is 19.1. The topological polar surface area (TPSA) is 195 Å². The van der Waals surface area contributed by atoms with E-state index in [9.17, 15) is 24.3 Å². The monoisotopic (exact) mass is 571 g/mol. The van der Waals surface area contributed by atoms with Crippen LogP contribution in [-0.2, 0) is 32.0 Å². The lowest BCUT2D eigenvalue weighted by Crippen LogP contribution is -2.59. The number of aromatic amines is 2. The molecule has 13 heteroatoms. The number of fused-ring (bicyclic) bond motifs is 1. The van der Waals surface area contributed by atoms with Gasteiger partial charge in [0.15, 0.2) is 0 Å². The lowest BCUT2D eigenvalue weighted by Gasteiger charge is -2.27. The summed E-state index contributed by atoms with van der Waals surface area (Å²) < 4.78 is 0. The molecule has 3 aromatic rings. The molecule has 8 N–H and O–H groups in total. The van der Waals surface area contributed by atoms with Gasteiger partial charge < -0.3 is 36.8 Å². The van der Waals surface area contributed by atoms with E-state index in [1.54, 1.807) is 26.2 Å². The third-order valence-corrected chi connectivity index (χ3v) is 7.18. The minimum absolute atomic E-state index is 0.135. The number of nitrogens with one attached hydrogen (secondary N) is 5. The number of imidazole rings is 1. The number of aliphatic carboxylic acids is 1. The van der Waals surface area contributed by atoms with Crippen LogP contribution in [0.15, 0.2) is 43.0 Å². The maximum absolute atomic E-state index is 13.6. The van der Waals surface area contributed by atoms with Crippen LogP contribution < -0.4 is 21.7 Å². The summed E-state index contributed by atoms with van der Waals surface area (Å²) in [5.74, 6) is -2.68. The summed E-state index contributed by atoms with van der Waals surface area (Å²) in [6, 6.07) is 3.47. The number of carboxylic acid groups (broad SMARTS) is 1. The lowest BCUT2D eigenvalue weighted by molar-refractivity contribution is -0.142. The van der Waals surface area contributed by atoms with Gasteiger partial charge in [0.05, 0.1) is 12.4 Å². The predicted octanol–water partition coefficient (Wildman–Crippen LogP) is 0.952. The maximum Gasteiger partial charge on any atom is 0.326 e. The van der Waals surface area contributed by atoms with Crippen molar-refractivity contribution in [1.29, 1.82) is 0 Å². The van der Waals surface area contributed by atoms with Gasteiger partial charge in [0.2, 0.25) is 17.7 Å². The Bertz CT molecular complexity index is 1290. The van der Waals surface area contributed by atoms with Crippen LogP contribution in [0.2, 0.25) is 0 Å². The van der Waals surface area contributed by atoms with E-state index in [-0.39, 0.29) is 25.2 Å². The van der Waals surface area contributed by atoms with E-state index in [1.807, 2.05) is 30.5 Å². The Kier molecular flexibility index (Phi) is 11.1. The Morgan fingerprint density at radius 2 is 1.73 bits per heavy atom. The molecule has 0 aliphatic heterocycles. The quantitative estimate of drug-likeness (QED) is 0.140. The van der Waals surface area contributed by atoms with Crippen molar-refractivity contribution in [2.45, 2.75) is 57.3 Å². The van der Waals surface area contributed by atoms with Gasteiger partial charge >= 0.3 is 5.97 Å². The van der Waals surface area contributed by atoms with E-state index in [4.69, 9.17) is 5.73 Å². The zero-order valence-electron chi connectivity index (χ0n) is 22.8. The summed E-state index contributed by atoms with van der Waals surface area (Å²) in [6.45, 7) is 3.49. The highest BCUT2D eigenvalue weighted by Gasteiger charge is 2.32. The fourth-order valence-electron chi connectivity index (χ4n) is 4.28. The van der Waals surface area contributed by atoms with Gasteiger partial charge in [-0.15, -0.1) is 0 Å². The zero-order valence-corrected chi connectivity index (χ0v) is 23.6. The van der Waals surface area contributed by atoms with Crippen molar-refractivity contribution < 1.29 is 24.3 Å². The number of nitrogens with zero attached hydrogens (tertiary/aromatic N) is 1. The highest BCUT2D eigenvalue weighted by molar-refractivity contribution is 7.98. The molecule has 0 aliphatic rings. The largest absolute Gasteiger partial charge is 0.480 e. The number of hydrogen-bond acceptors (Lipinski definition) is 7. The smallest absolute Gasteiger partial charge is 0.326 e. The van der Waals surface area contributed by atoms with Gasteiger partial charge in [-0.1, -0.05) is 32.0 Å². The Balaban J connectivity index is 1.80. The van der Waals surface area contributed by atoms with Crippen molar-refractivity contribution in [1.82, 2.24) is 30.9 Å². The number of rotatable bonds is 15. The molecule has 0 fully saturated rings. The Morgan fingerprint density at radius 3 is 2.38 bits per heavy atom. The number of thioether (sulfide) groups is 1. The molecule has 216 valence electrons. The molecule has 2 aromatic heterocycles. The number of para-hydroxylation sites is 1. The number of nitrogens with two attached hydrogens (primary N) is 1. The van der Waals surface area contributed by atoms with Gasteiger partial charge in [-0.3, -0.25) is 14.4 Å². The third-order valence-electron chi connectivity index (χ3n) is 6.54. The molecule has 3 rings (SSSR count). The van der Waals surface area contributed by atoms with Crippen molar-refractivity contribution in [3.8, 4) is 0 Å². The minimum Gasteiger partial charge on any atom is -0.480 e. The average molecular weight is 572 g/mol. The summed E-state index contributed by atoms with van der Waals surface area (Å²) >= 11 is 1.47. The number of H-pyrrole nitrogens is 2. The first kappa shape index (κ1) is 30.7. The second-order valence-corrected chi connectivity index (χ2v) is 10.9. The van der Waals surface area contributed by atoms with Crippen LogP contribution in [0.1, 0.15) is 31.5 Å². The van der Waals surface area contributed by atoms with Gasteiger partial charge in [-0.2, -0.15) is 11.8 Å². The number of carbonyl (C=O) groups is 4. The molecule has 0 radical (unpaired) electrons. The summed E-state index contributed by atoms with van der Waals surface area (Å²) in [6.07, 6.45) is 7.25. The van der Waals surface area contributed by atoms with Gasteiger partial charge in [-0.25, -0.2) is 9.78 Å². The van der Waals surface area contributed by atoms with Crippen LogP contribution >= 0.6 is 11.8 Å². The highest BCUT2D eigenvalue weighted by Crippen LogP contribution is 2.19. The zero-order chi connectivity index (χ0) is 29.2. The van der Waals surface area contributed by atoms with E-state index >= 15 is 0 Å². The molecule has 4 atom stereocenters. The third kappa shape index (κ3) is 8.33. The average Bonchev–Trinajstić information content (AvgIpc) is 3.58. The van der Waals surface area contributed by atoms with Crippen molar-refractivity contribution in [2.75, 3.05) is 12.0 Å². The number of benzene rings is 1. The second kappa shape index (κ2) is 14.5. The minimum atomic E-state index is -1.15. The number of amides is 3. The molecule has 0 spiro atoms. The lowest BCUT2D eigenvalue weighted by atomic mass is 10.00. The van der Waals surface area contributed by atoms with E-state index < -0.39 is 47.9 Å². The van der Waals surface area contributed by atoms with Crippen LogP contribution in [0.4, 0.5) is 0 Å².